The number of hydrogen-bond acceptors (Lipinski definition) is 2. The van der Waals surface area contributed by atoms with E-state index in [-0.39, 0.29) is 0 Å². The summed E-state index contributed by atoms with van der Waals surface area (Å²) < 4.78 is 0. The number of thiophene rings is 1. The van der Waals surface area contributed by atoms with Gasteiger partial charge in [0.2, 0.25) is 0 Å². The molecule has 0 aliphatic carbocycles. The van der Waals surface area contributed by atoms with Crippen molar-refractivity contribution in [2.75, 3.05) is 6.54 Å². The molecule has 0 radical (unpaired) electrons. The minimum atomic E-state index is 0.601. The van der Waals surface area contributed by atoms with Crippen LogP contribution in [-0.4, -0.2) is 11.5 Å². The van der Waals surface area contributed by atoms with Gasteiger partial charge in [0.25, 0.3) is 0 Å². The van der Waals surface area contributed by atoms with Gasteiger partial charge in [-0.05, 0) is 23.1 Å². The van der Waals surface area contributed by atoms with Crippen molar-refractivity contribution in [2.24, 2.45) is 0 Å². The summed E-state index contributed by atoms with van der Waals surface area (Å²) in [6, 6.07) is 6.42. The Balaban J connectivity index is 1.74. The zero-order valence-corrected chi connectivity index (χ0v) is 9.68. The van der Waals surface area contributed by atoms with E-state index < -0.39 is 0 Å². The summed E-state index contributed by atoms with van der Waals surface area (Å²) >= 11 is 1.83. The molecule has 1 atom stereocenters. The summed E-state index contributed by atoms with van der Waals surface area (Å²) in [5.74, 6) is 0.601. The highest BCUT2D eigenvalue weighted by Crippen LogP contribution is 2.19. The Morgan fingerprint density at radius 3 is 3.07 bits per heavy atom. The van der Waals surface area contributed by atoms with Gasteiger partial charge in [-0.15, -0.1) is 11.3 Å². The zero-order valence-electron chi connectivity index (χ0n) is 8.86. The van der Waals surface area contributed by atoms with E-state index in [0.717, 1.165) is 13.1 Å². The number of rotatable bonds is 5. The molecule has 2 nitrogen and oxygen atoms in total. The third-order valence-corrected chi connectivity index (χ3v) is 3.57. The summed E-state index contributed by atoms with van der Waals surface area (Å²) in [6.45, 7) is 4.24. The molecule has 2 rings (SSSR count). The first-order chi connectivity index (χ1) is 7.36. The SMILES string of the molecule is CC(CNCc1cc[nH]c1)c1cccs1. The van der Waals surface area contributed by atoms with E-state index >= 15 is 0 Å². The highest BCUT2D eigenvalue weighted by molar-refractivity contribution is 7.10. The van der Waals surface area contributed by atoms with E-state index in [1.54, 1.807) is 0 Å². The molecule has 2 N–H and O–H groups in total. The molecule has 0 amide bonds. The lowest BCUT2D eigenvalue weighted by Gasteiger charge is -2.09. The maximum absolute atomic E-state index is 3.46. The van der Waals surface area contributed by atoms with Crippen molar-refractivity contribution in [3.05, 3.63) is 46.4 Å². The molecule has 2 heterocycles. The first-order valence-corrected chi connectivity index (χ1v) is 6.10. The summed E-state index contributed by atoms with van der Waals surface area (Å²) in [7, 11) is 0. The fourth-order valence-electron chi connectivity index (χ4n) is 1.57. The van der Waals surface area contributed by atoms with Crippen LogP contribution in [0.15, 0.2) is 36.0 Å². The van der Waals surface area contributed by atoms with Crippen molar-refractivity contribution in [3.63, 3.8) is 0 Å². The second-order valence-corrected chi connectivity index (χ2v) is 4.75. The van der Waals surface area contributed by atoms with Crippen LogP contribution in [0.5, 0.6) is 0 Å². The summed E-state index contributed by atoms with van der Waals surface area (Å²) in [5, 5.41) is 5.60. The Labute approximate surface area is 94.3 Å². The van der Waals surface area contributed by atoms with Crippen molar-refractivity contribution in [3.8, 4) is 0 Å². The van der Waals surface area contributed by atoms with Crippen LogP contribution >= 0.6 is 11.3 Å². The van der Waals surface area contributed by atoms with E-state index in [2.05, 4.69) is 40.8 Å². The monoisotopic (exact) mass is 220 g/mol. The minimum absolute atomic E-state index is 0.601. The summed E-state index contributed by atoms with van der Waals surface area (Å²) in [6.07, 6.45) is 3.99. The highest BCUT2D eigenvalue weighted by atomic mass is 32.1. The molecular weight excluding hydrogens is 204 g/mol. The van der Waals surface area contributed by atoms with Crippen LogP contribution in [0.2, 0.25) is 0 Å². The fraction of sp³-hybridized carbons (Fsp3) is 0.333. The molecular formula is C12H16N2S. The van der Waals surface area contributed by atoms with Crippen molar-refractivity contribution in [2.45, 2.75) is 19.4 Å². The average Bonchev–Trinajstić information content (AvgIpc) is 2.90. The van der Waals surface area contributed by atoms with Crippen LogP contribution in [0.1, 0.15) is 23.3 Å². The van der Waals surface area contributed by atoms with E-state index in [9.17, 15) is 0 Å². The maximum Gasteiger partial charge on any atom is 0.0220 e. The predicted octanol–water partition coefficient (Wildman–Crippen LogP) is 2.97. The maximum atomic E-state index is 3.46. The van der Waals surface area contributed by atoms with Gasteiger partial charge < -0.3 is 10.3 Å². The van der Waals surface area contributed by atoms with Gasteiger partial charge in [0.05, 0.1) is 0 Å². The van der Waals surface area contributed by atoms with Gasteiger partial charge in [-0.25, -0.2) is 0 Å². The van der Waals surface area contributed by atoms with Gasteiger partial charge in [0.15, 0.2) is 0 Å². The van der Waals surface area contributed by atoms with Crippen molar-refractivity contribution < 1.29 is 0 Å². The van der Waals surface area contributed by atoms with Gasteiger partial charge in [-0.3, -0.25) is 0 Å². The summed E-state index contributed by atoms with van der Waals surface area (Å²) in [4.78, 5) is 4.51. The molecule has 0 saturated heterocycles. The minimum Gasteiger partial charge on any atom is -0.367 e. The second-order valence-electron chi connectivity index (χ2n) is 3.77. The number of H-pyrrole nitrogens is 1. The molecule has 0 spiro atoms. The number of aromatic amines is 1. The Hall–Kier alpha value is -1.06. The lowest BCUT2D eigenvalue weighted by atomic mass is 10.1. The number of aromatic nitrogens is 1. The first-order valence-electron chi connectivity index (χ1n) is 5.22. The van der Waals surface area contributed by atoms with Crippen LogP contribution in [-0.2, 0) is 6.54 Å². The number of hydrogen-bond donors (Lipinski definition) is 2. The molecule has 3 heteroatoms. The van der Waals surface area contributed by atoms with Crippen LogP contribution < -0.4 is 5.32 Å². The van der Waals surface area contributed by atoms with Gasteiger partial charge in [0, 0.05) is 36.3 Å². The van der Waals surface area contributed by atoms with Gasteiger partial charge in [-0.2, -0.15) is 0 Å². The standard InChI is InChI=1S/C12H16N2S/c1-10(12-3-2-6-15-12)7-14-9-11-4-5-13-8-11/h2-6,8,10,13-14H,7,9H2,1H3. The van der Waals surface area contributed by atoms with E-state index in [1.807, 2.05) is 23.7 Å². The van der Waals surface area contributed by atoms with E-state index in [1.165, 1.54) is 10.4 Å². The molecule has 15 heavy (non-hydrogen) atoms. The highest BCUT2D eigenvalue weighted by Gasteiger charge is 2.05. The van der Waals surface area contributed by atoms with Crippen LogP contribution in [0.3, 0.4) is 0 Å². The van der Waals surface area contributed by atoms with Gasteiger partial charge >= 0.3 is 0 Å². The second kappa shape index (κ2) is 5.14. The molecule has 1 unspecified atom stereocenters. The molecule has 0 aliphatic heterocycles. The molecule has 0 aliphatic rings. The third kappa shape index (κ3) is 2.94. The topological polar surface area (TPSA) is 27.8 Å². The van der Waals surface area contributed by atoms with Gasteiger partial charge in [0.1, 0.15) is 0 Å². The zero-order chi connectivity index (χ0) is 10.5. The van der Waals surface area contributed by atoms with Crippen LogP contribution in [0.25, 0.3) is 0 Å². The lowest BCUT2D eigenvalue weighted by Crippen LogP contribution is -2.18. The smallest absolute Gasteiger partial charge is 0.0220 e. The van der Waals surface area contributed by atoms with Gasteiger partial charge in [-0.1, -0.05) is 13.0 Å². The quantitative estimate of drug-likeness (QED) is 0.796. The fourth-order valence-corrected chi connectivity index (χ4v) is 2.36. The Kier molecular flexibility index (Phi) is 3.59. The molecule has 0 fully saturated rings. The molecule has 0 saturated carbocycles. The molecule has 2 aromatic heterocycles. The van der Waals surface area contributed by atoms with Crippen molar-refractivity contribution >= 4 is 11.3 Å². The predicted molar refractivity (Wildman–Crippen MR) is 65.2 cm³/mol. The Morgan fingerprint density at radius 2 is 2.40 bits per heavy atom. The first kappa shape index (κ1) is 10.5. The molecule has 2 aromatic rings. The van der Waals surface area contributed by atoms with E-state index in [0.29, 0.717) is 5.92 Å². The van der Waals surface area contributed by atoms with Crippen LogP contribution in [0.4, 0.5) is 0 Å². The molecule has 0 bridgehead atoms. The van der Waals surface area contributed by atoms with Crippen molar-refractivity contribution in [1.29, 1.82) is 0 Å². The lowest BCUT2D eigenvalue weighted by molar-refractivity contribution is 0.621. The molecule has 0 aromatic carbocycles. The largest absolute Gasteiger partial charge is 0.367 e. The van der Waals surface area contributed by atoms with Crippen LogP contribution in [0, 0.1) is 0 Å². The third-order valence-electron chi connectivity index (χ3n) is 2.47. The Morgan fingerprint density at radius 1 is 1.47 bits per heavy atom. The van der Waals surface area contributed by atoms with Crippen molar-refractivity contribution in [1.82, 2.24) is 10.3 Å². The van der Waals surface area contributed by atoms with E-state index in [4.69, 9.17) is 0 Å². The number of nitrogens with one attached hydrogen (secondary N) is 2. The Bertz CT molecular complexity index is 364. The normalized spacial score (nSPS) is 12.9. The molecule has 80 valence electrons. The summed E-state index contributed by atoms with van der Waals surface area (Å²) in [5.41, 5.74) is 1.31. The average molecular weight is 220 g/mol.